The van der Waals surface area contributed by atoms with Gasteiger partial charge in [0.2, 0.25) is 0 Å². The number of halogens is 3. The van der Waals surface area contributed by atoms with E-state index in [2.05, 4.69) is 4.98 Å². The molecule has 0 spiro atoms. The number of rotatable bonds is 2. The van der Waals surface area contributed by atoms with Gasteiger partial charge in [0, 0.05) is 11.7 Å². The van der Waals surface area contributed by atoms with E-state index in [0.29, 0.717) is 0 Å². The van der Waals surface area contributed by atoms with Crippen LogP contribution >= 0.6 is 0 Å². The fourth-order valence-electron chi connectivity index (χ4n) is 1.81. The lowest BCUT2D eigenvalue weighted by molar-refractivity contribution is -0.161. The van der Waals surface area contributed by atoms with Gasteiger partial charge in [0.1, 0.15) is 5.41 Å². The molecule has 1 aliphatic carbocycles. The molecule has 16 heavy (non-hydrogen) atoms. The molecule has 7 heteroatoms. The van der Waals surface area contributed by atoms with Gasteiger partial charge in [0.25, 0.3) is 0 Å². The van der Waals surface area contributed by atoms with Crippen LogP contribution in [0.2, 0.25) is 0 Å². The van der Waals surface area contributed by atoms with Crippen molar-refractivity contribution in [3.63, 3.8) is 0 Å². The van der Waals surface area contributed by atoms with Crippen molar-refractivity contribution in [2.24, 2.45) is 0 Å². The van der Waals surface area contributed by atoms with Crippen molar-refractivity contribution in [2.45, 2.75) is 24.4 Å². The minimum absolute atomic E-state index is 0.0484. The molecular weight excluding hydrogens is 222 g/mol. The number of pyridine rings is 1. The quantitative estimate of drug-likeness (QED) is 0.722. The maximum Gasteiger partial charge on any atom is 0.490 e. The molecule has 1 heterocycles. The molecule has 0 atom stereocenters. The molecule has 0 bridgehead atoms. The van der Waals surface area contributed by atoms with Gasteiger partial charge in [-0.3, -0.25) is 4.98 Å². The predicted molar refractivity (Wildman–Crippen MR) is 51.0 cm³/mol. The molecule has 1 aromatic heterocycles. The Morgan fingerprint density at radius 3 is 2.38 bits per heavy atom. The van der Waals surface area contributed by atoms with E-state index in [9.17, 15) is 13.2 Å². The topological polar surface area (TPSA) is 53.4 Å². The fourth-order valence-corrected chi connectivity index (χ4v) is 1.81. The second-order valence-corrected chi connectivity index (χ2v) is 3.89. The van der Waals surface area contributed by atoms with E-state index in [1.54, 1.807) is 0 Å². The molecule has 0 radical (unpaired) electrons. The average Bonchev–Trinajstić information content (AvgIpc) is 2.97. The van der Waals surface area contributed by atoms with Gasteiger partial charge in [-0.25, -0.2) is 0 Å². The first kappa shape index (κ1) is 11.4. The summed E-state index contributed by atoms with van der Waals surface area (Å²) in [6.45, 7) is 0. The van der Waals surface area contributed by atoms with Crippen LogP contribution in [0, 0.1) is 0 Å². The van der Waals surface area contributed by atoms with Gasteiger partial charge in [-0.2, -0.15) is 13.2 Å². The van der Waals surface area contributed by atoms with Crippen molar-refractivity contribution in [1.82, 2.24) is 4.98 Å². The Morgan fingerprint density at radius 2 is 1.94 bits per heavy atom. The average molecular weight is 231 g/mol. The van der Waals surface area contributed by atoms with E-state index in [4.69, 9.17) is 10.0 Å². The lowest BCUT2D eigenvalue weighted by atomic mass is 9.75. The van der Waals surface area contributed by atoms with Gasteiger partial charge >= 0.3 is 13.3 Å². The summed E-state index contributed by atoms with van der Waals surface area (Å²) in [4.78, 5) is 3.66. The first-order chi connectivity index (χ1) is 7.38. The second kappa shape index (κ2) is 3.46. The maximum absolute atomic E-state index is 12.8. The SMILES string of the molecule is OB(O)c1cccnc1C1(C(F)(F)F)CC1. The van der Waals surface area contributed by atoms with E-state index in [1.165, 1.54) is 18.3 Å². The Balaban J connectivity index is 2.49. The highest BCUT2D eigenvalue weighted by atomic mass is 19.4. The van der Waals surface area contributed by atoms with Gasteiger partial charge in [0.05, 0.1) is 5.69 Å². The summed E-state index contributed by atoms with van der Waals surface area (Å²) < 4.78 is 38.5. The highest BCUT2D eigenvalue weighted by Gasteiger charge is 2.66. The van der Waals surface area contributed by atoms with Gasteiger partial charge < -0.3 is 10.0 Å². The zero-order valence-corrected chi connectivity index (χ0v) is 8.20. The van der Waals surface area contributed by atoms with E-state index in [1.807, 2.05) is 0 Å². The predicted octanol–water partition coefficient (Wildman–Crippen LogP) is 0.355. The minimum Gasteiger partial charge on any atom is -0.423 e. The zero-order chi connectivity index (χ0) is 12.0. The molecule has 86 valence electrons. The van der Waals surface area contributed by atoms with Gasteiger partial charge in [-0.15, -0.1) is 0 Å². The van der Waals surface area contributed by atoms with Crippen molar-refractivity contribution in [2.75, 3.05) is 0 Å². The van der Waals surface area contributed by atoms with Crippen molar-refractivity contribution < 1.29 is 23.2 Å². The summed E-state index contributed by atoms with van der Waals surface area (Å²) in [7, 11) is -1.93. The lowest BCUT2D eigenvalue weighted by Crippen LogP contribution is -2.41. The number of nitrogens with zero attached hydrogens (tertiary/aromatic N) is 1. The van der Waals surface area contributed by atoms with Crippen LogP contribution in [0.5, 0.6) is 0 Å². The molecular formula is C9H9BF3NO2. The van der Waals surface area contributed by atoms with Gasteiger partial charge in [-0.05, 0) is 18.9 Å². The number of alkyl halides is 3. The third kappa shape index (κ3) is 1.60. The molecule has 2 N–H and O–H groups in total. The molecule has 0 unspecified atom stereocenters. The van der Waals surface area contributed by atoms with Crippen LogP contribution in [-0.2, 0) is 5.41 Å². The van der Waals surface area contributed by atoms with Crippen molar-refractivity contribution in [3.8, 4) is 0 Å². The highest BCUT2D eigenvalue weighted by Crippen LogP contribution is 2.57. The first-order valence-electron chi connectivity index (χ1n) is 4.77. The van der Waals surface area contributed by atoms with Crippen LogP contribution in [0.25, 0.3) is 0 Å². The molecule has 1 saturated carbocycles. The molecule has 0 amide bonds. The largest absolute Gasteiger partial charge is 0.490 e. The van der Waals surface area contributed by atoms with E-state index in [-0.39, 0.29) is 24.0 Å². The van der Waals surface area contributed by atoms with Crippen LogP contribution in [0.3, 0.4) is 0 Å². The van der Waals surface area contributed by atoms with E-state index >= 15 is 0 Å². The summed E-state index contributed by atoms with van der Waals surface area (Å²) in [6, 6.07) is 2.63. The van der Waals surface area contributed by atoms with Crippen LogP contribution < -0.4 is 5.46 Å². The Bertz CT molecular complexity index is 404. The molecule has 0 aliphatic heterocycles. The Morgan fingerprint density at radius 1 is 1.31 bits per heavy atom. The molecule has 1 aromatic rings. The summed E-state index contributed by atoms with van der Waals surface area (Å²) in [5.74, 6) is 0. The van der Waals surface area contributed by atoms with Crippen LogP contribution in [0.1, 0.15) is 18.5 Å². The molecule has 2 rings (SSSR count). The summed E-state index contributed by atoms with van der Waals surface area (Å²) in [5.41, 5.74) is -2.41. The van der Waals surface area contributed by atoms with Gasteiger partial charge in [-0.1, -0.05) is 6.07 Å². The third-order valence-electron chi connectivity index (χ3n) is 2.86. The van der Waals surface area contributed by atoms with E-state index < -0.39 is 18.7 Å². The number of hydrogen-bond donors (Lipinski definition) is 2. The Hall–Kier alpha value is -1.08. The highest BCUT2D eigenvalue weighted by molar-refractivity contribution is 6.59. The third-order valence-corrected chi connectivity index (χ3v) is 2.86. The fraction of sp³-hybridized carbons (Fsp3) is 0.444. The minimum atomic E-state index is -4.40. The molecule has 0 aromatic carbocycles. The van der Waals surface area contributed by atoms with Crippen LogP contribution in [-0.4, -0.2) is 28.3 Å². The van der Waals surface area contributed by atoms with Crippen molar-refractivity contribution >= 4 is 12.6 Å². The smallest absolute Gasteiger partial charge is 0.423 e. The second-order valence-electron chi connectivity index (χ2n) is 3.89. The summed E-state index contributed by atoms with van der Waals surface area (Å²) in [5, 5.41) is 18.0. The number of hydrogen-bond acceptors (Lipinski definition) is 3. The molecule has 1 fully saturated rings. The normalized spacial score (nSPS) is 18.3. The standard InChI is InChI=1S/C9H9BF3NO2/c11-9(12,13)8(3-4-8)7-6(10(15)16)2-1-5-14-7/h1-2,5,15-16H,3-4H2. The lowest BCUT2D eigenvalue weighted by Gasteiger charge is -2.21. The summed E-state index contributed by atoms with van der Waals surface area (Å²) >= 11 is 0. The summed E-state index contributed by atoms with van der Waals surface area (Å²) in [6.07, 6.45) is -3.27. The van der Waals surface area contributed by atoms with Gasteiger partial charge in [0.15, 0.2) is 0 Å². The number of aromatic nitrogens is 1. The molecule has 1 aliphatic rings. The van der Waals surface area contributed by atoms with Crippen molar-refractivity contribution in [3.05, 3.63) is 24.0 Å². The Kier molecular flexibility index (Phi) is 2.47. The Labute approximate surface area is 90.1 Å². The monoisotopic (exact) mass is 231 g/mol. The molecule has 3 nitrogen and oxygen atoms in total. The molecule has 0 saturated heterocycles. The van der Waals surface area contributed by atoms with Crippen LogP contribution in [0.15, 0.2) is 18.3 Å². The van der Waals surface area contributed by atoms with Crippen LogP contribution in [0.4, 0.5) is 13.2 Å². The van der Waals surface area contributed by atoms with E-state index in [0.717, 1.165) is 0 Å². The maximum atomic E-state index is 12.8. The zero-order valence-electron chi connectivity index (χ0n) is 8.20. The van der Waals surface area contributed by atoms with Crippen molar-refractivity contribution in [1.29, 1.82) is 0 Å². The first-order valence-corrected chi connectivity index (χ1v) is 4.77.